The number of para-hydroxylation sites is 1. The van der Waals surface area contributed by atoms with Crippen LogP contribution in [0.25, 0.3) is 11.3 Å². The number of aliphatic hydroxyl groups is 1. The maximum atomic E-state index is 11.1. The van der Waals surface area contributed by atoms with Crippen molar-refractivity contribution in [3.63, 3.8) is 0 Å². The molecule has 1 aliphatic rings. The number of nitro benzene ring substituents is 1. The molecule has 3 N–H and O–H groups in total. The van der Waals surface area contributed by atoms with E-state index in [0.717, 1.165) is 45.0 Å². The van der Waals surface area contributed by atoms with E-state index in [2.05, 4.69) is 0 Å². The highest BCUT2D eigenvalue weighted by Crippen LogP contribution is 2.30. The van der Waals surface area contributed by atoms with Gasteiger partial charge in [0.05, 0.1) is 17.1 Å². The largest absolute Gasteiger partial charge is 0.455 e. The van der Waals surface area contributed by atoms with E-state index in [4.69, 9.17) is 9.52 Å². The highest BCUT2D eigenvalue weighted by atomic mass is 16.6. The number of quaternary nitrogens is 2. The van der Waals surface area contributed by atoms with Crippen molar-refractivity contribution in [1.29, 1.82) is 0 Å². The summed E-state index contributed by atoms with van der Waals surface area (Å²) < 4.78 is 5.87. The number of nitrogens with zero attached hydrogens (tertiary/aromatic N) is 1. The predicted octanol–water partition coefficient (Wildman–Crippen LogP) is -0.869. The van der Waals surface area contributed by atoms with Crippen LogP contribution in [0.4, 0.5) is 5.69 Å². The number of nitrogens with one attached hydrogen (secondary N) is 2. The van der Waals surface area contributed by atoms with Gasteiger partial charge in [-0.3, -0.25) is 10.1 Å². The Labute approximate surface area is 140 Å². The molecule has 1 aliphatic heterocycles. The molecule has 7 nitrogen and oxygen atoms in total. The zero-order chi connectivity index (χ0) is 16.9. The Morgan fingerprint density at radius 3 is 2.50 bits per heavy atom. The van der Waals surface area contributed by atoms with Crippen molar-refractivity contribution in [2.24, 2.45) is 0 Å². The molecular weight excluding hydrogens is 310 g/mol. The van der Waals surface area contributed by atoms with E-state index in [0.29, 0.717) is 11.3 Å². The SMILES string of the molecule is O=[N+]([O-])c1ccccc1-c1ccc(C[NH+]2CC[NH+](CCO)CC2)o1. The molecule has 0 amide bonds. The molecule has 0 atom stereocenters. The number of benzene rings is 1. The Hall–Kier alpha value is -2.22. The fourth-order valence-electron chi connectivity index (χ4n) is 3.25. The van der Waals surface area contributed by atoms with Crippen LogP contribution in [-0.2, 0) is 6.54 Å². The van der Waals surface area contributed by atoms with Crippen LogP contribution in [0.15, 0.2) is 40.8 Å². The second kappa shape index (κ2) is 7.57. The minimum atomic E-state index is -0.383. The first-order valence-corrected chi connectivity index (χ1v) is 8.28. The van der Waals surface area contributed by atoms with Crippen LogP contribution in [0, 0.1) is 10.1 Å². The summed E-state index contributed by atoms with van der Waals surface area (Å²) in [5.74, 6) is 1.39. The van der Waals surface area contributed by atoms with Gasteiger partial charge in [-0.2, -0.15) is 0 Å². The van der Waals surface area contributed by atoms with Gasteiger partial charge in [0, 0.05) is 6.07 Å². The molecule has 1 saturated heterocycles. The van der Waals surface area contributed by atoms with Crippen molar-refractivity contribution in [3.8, 4) is 11.3 Å². The summed E-state index contributed by atoms with van der Waals surface area (Å²) in [7, 11) is 0. The van der Waals surface area contributed by atoms with E-state index in [-0.39, 0.29) is 17.2 Å². The first-order valence-electron chi connectivity index (χ1n) is 8.28. The number of rotatable bonds is 6. The zero-order valence-electron chi connectivity index (χ0n) is 13.5. The van der Waals surface area contributed by atoms with Gasteiger partial charge in [-0.05, 0) is 18.2 Å². The Kier molecular flexibility index (Phi) is 5.24. The molecule has 0 aliphatic carbocycles. The normalized spacial score (nSPS) is 20.9. The third-order valence-corrected chi connectivity index (χ3v) is 4.58. The van der Waals surface area contributed by atoms with E-state index in [1.165, 1.54) is 15.9 Å². The number of hydrogen-bond donors (Lipinski definition) is 3. The van der Waals surface area contributed by atoms with E-state index in [1.54, 1.807) is 18.2 Å². The smallest absolute Gasteiger partial charge is 0.280 e. The van der Waals surface area contributed by atoms with E-state index >= 15 is 0 Å². The summed E-state index contributed by atoms with van der Waals surface area (Å²) in [6.45, 7) is 6.01. The second-order valence-electron chi connectivity index (χ2n) is 6.19. The quantitative estimate of drug-likeness (QED) is 0.474. The van der Waals surface area contributed by atoms with Gasteiger partial charge in [-0.15, -0.1) is 0 Å². The van der Waals surface area contributed by atoms with Crippen LogP contribution in [0.3, 0.4) is 0 Å². The van der Waals surface area contributed by atoms with Crippen molar-refractivity contribution < 1.29 is 24.2 Å². The molecular formula is C17H23N3O4+2. The van der Waals surface area contributed by atoms with Crippen LogP contribution in [0.5, 0.6) is 0 Å². The van der Waals surface area contributed by atoms with Crippen LogP contribution in [0.1, 0.15) is 5.76 Å². The molecule has 3 rings (SSSR count). The Bertz CT molecular complexity index is 693. The molecule has 1 fully saturated rings. The Balaban J connectivity index is 1.66. The lowest BCUT2D eigenvalue weighted by Crippen LogP contribution is -3.27. The summed E-state index contributed by atoms with van der Waals surface area (Å²) in [6.07, 6.45) is 0. The van der Waals surface area contributed by atoms with Gasteiger partial charge in [0.15, 0.2) is 5.76 Å². The lowest BCUT2D eigenvalue weighted by atomic mass is 10.1. The molecule has 7 heteroatoms. The second-order valence-corrected chi connectivity index (χ2v) is 6.19. The first-order chi connectivity index (χ1) is 11.7. The standard InChI is InChI=1S/C17H21N3O4/c21-12-11-18-7-9-19(10-8-18)13-14-5-6-17(24-14)15-3-1-2-4-16(15)20(22)23/h1-6,21H,7-13H2/p+2. The molecule has 0 unspecified atom stereocenters. The van der Waals surface area contributed by atoms with Crippen molar-refractivity contribution >= 4 is 5.69 Å². The van der Waals surface area contributed by atoms with Crippen molar-refractivity contribution in [2.45, 2.75) is 6.54 Å². The maximum absolute atomic E-state index is 11.1. The maximum Gasteiger partial charge on any atom is 0.280 e. The number of nitro groups is 1. The molecule has 0 spiro atoms. The number of furan rings is 1. The van der Waals surface area contributed by atoms with Gasteiger partial charge in [0.1, 0.15) is 45.0 Å². The molecule has 0 bridgehead atoms. The van der Waals surface area contributed by atoms with Gasteiger partial charge in [-0.1, -0.05) is 12.1 Å². The predicted molar refractivity (Wildman–Crippen MR) is 87.8 cm³/mol. The Morgan fingerprint density at radius 1 is 1.08 bits per heavy atom. The molecule has 1 aromatic heterocycles. The van der Waals surface area contributed by atoms with Gasteiger partial charge in [0.25, 0.3) is 5.69 Å². The van der Waals surface area contributed by atoms with Crippen molar-refractivity contribution in [1.82, 2.24) is 0 Å². The highest BCUT2D eigenvalue weighted by molar-refractivity contribution is 5.69. The highest BCUT2D eigenvalue weighted by Gasteiger charge is 2.24. The summed E-state index contributed by atoms with van der Waals surface area (Å²) in [6, 6.07) is 10.4. The van der Waals surface area contributed by atoms with Crippen molar-refractivity contribution in [2.75, 3.05) is 39.3 Å². The van der Waals surface area contributed by atoms with Gasteiger partial charge < -0.3 is 19.3 Å². The molecule has 0 saturated carbocycles. The lowest BCUT2D eigenvalue weighted by Gasteiger charge is -2.28. The number of piperazine rings is 1. The average Bonchev–Trinajstić information content (AvgIpc) is 3.05. The summed E-state index contributed by atoms with van der Waals surface area (Å²) in [5, 5.41) is 20.1. The molecule has 128 valence electrons. The molecule has 1 aromatic carbocycles. The minimum absolute atomic E-state index is 0.0620. The van der Waals surface area contributed by atoms with Crippen LogP contribution < -0.4 is 9.80 Å². The summed E-state index contributed by atoms with van der Waals surface area (Å²) in [4.78, 5) is 13.6. The van der Waals surface area contributed by atoms with Gasteiger partial charge >= 0.3 is 0 Å². The third-order valence-electron chi connectivity index (χ3n) is 4.58. The number of aliphatic hydroxyl groups excluding tert-OH is 1. The van der Waals surface area contributed by atoms with Crippen LogP contribution in [-0.4, -0.2) is 49.4 Å². The summed E-state index contributed by atoms with van der Waals surface area (Å²) >= 11 is 0. The fourth-order valence-corrected chi connectivity index (χ4v) is 3.25. The first kappa shape index (κ1) is 16.6. The monoisotopic (exact) mass is 333 g/mol. The van der Waals surface area contributed by atoms with Gasteiger partial charge in [0.2, 0.25) is 0 Å². The molecule has 0 radical (unpaired) electrons. The van der Waals surface area contributed by atoms with Gasteiger partial charge in [-0.25, -0.2) is 0 Å². The van der Waals surface area contributed by atoms with E-state index in [1.807, 2.05) is 12.1 Å². The van der Waals surface area contributed by atoms with Crippen LogP contribution in [0.2, 0.25) is 0 Å². The topological polar surface area (TPSA) is 85.4 Å². The Morgan fingerprint density at radius 2 is 1.79 bits per heavy atom. The van der Waals surface area contributed by atoms with E-state index < -0.39 is 0 Å². The summed E-state index contributed by atoms with van der Waals surface area (Å²) in [5.41, 5.74) is 0.577. The van der Waals surface area contributed by atoms with E-state index in [9.17, 15) is 10.1 Å². The third kappa shape index (κ3) is 3.81. The fraction of sp³-hybridized carbons (Fsp3) is 0.412. The molecule has 2 heterocycles. The lowest BCUT2D eigenvalue weighted by molar-refractivity contribution is -1.02. The zero-order valence-corrected chi connectivity index (χ0v) is 13.5. The molecule has 2 aromatic rings. The molecule has 24 heavy (non-hydrogen) atoms. The minimum Gasteiger partial charge on any atom is -0.455 e. The number of hydrogen-bond acceptors (Lipinski definition) is 4. The average molecular weight is 333 g/mol. The van der Waals surface area contributed by atoms with Crippen LogP contribution >= 0.6 is 0 Å². The van der Waals surface area contributed by atoms with Crippen molar-refractivity contribution in [3.05, 3.63) is 52.3 Å².